The van der Waals surface area contributed by atoms with Crippen LogP contribution in [-0.4, -0.2) is 24.7 Å². The Labute approximate surface area is 162 Å². The first-order valence-corrected chi connectivity index (χ1v) is 9.77. The molecule has 0 bridgehead atoms. The van der Waals surface area contributed by atoms with E-state index in [4.69, 9.17) is 16.3 Å². The fourth-order valence-corrected chi connectivity index (χ4v) is 3.33. The summed E-state index contributed by atoms with van der Waals surface area (Å²) < 4.78 is 10.7. The van der Waals surface area contributed by atoms with Gasteiger partial charge in [0.15, 0.2) is 0 Å². The number of ether oxygens (including phenoxy) is 2. The minimum absolute atomic E-state index is 0.325. The van der Waals surface area contributed by atoms with E-state index in [0.29, 0.717) is 19.1 Å². The molecule has 0 heterocycles. The van der Waals surface area contributed by atoms with Crippen LogP contribution in [0.25, 0.3) is 0 Å². The highest BCUT2D eigenvalue weighted by atomic mass is 127. The summed E-state index contributed by atoms with van der Waals surface area (Å²) in [5.74, 6) is 0.475. The van der Waals surface area contributed by atoms with Gasteiger partial charge in [-0.3, -0.25) is 5.32 Å². The van der Waals surface area contributed by atoms with E-state index in [1.807, 2.05) is 0 Å². The molecule has 136 valence electrons. The zero-order valence-electron chi connectivity index (χ0n) is 14.0. The molecular formula is C17H25ClINO4. The molecular weight excluding hydrogens is 445 g/mol. The van der Waals surface area contributed by atoms with Gasteiger partial charge >= 0.3 is 11.5 Å². The van der Waals surface area contributed by atoms with Gasteiger partial charge in [0.05, 0.1) is 13.2 Å². The van der Waals surface area contributed by atoms with Crippen LogP contribution in [0, 0.1) is 5.92 Å². The SMILES string of the molecule is CCOC(=O)NC1=C(I)CCCC1.O=C(Cl)OCC1CC=CCC1. The average molecular weight is 470 g/mol. The highest BCUT2D eigenvalue weighted by Crippen LogP contribution is 2.27. The normalized spacial score (nSPS) is 19.9. The van der Waals surface area contributed by atoms with Crippen LogP contribution in [0.1, 0.15) is 51.9 Å². The first-order valence-electron chi connectivity index (χ1n) is 8.31. The lowest BCUT2D eigenvalue weighted by Crippen LogP contribution is -2.25. The number of hydrogen-bond donors (Lipinski definition) is 1. The maximum Gasteiger partial charge on any atom is 0.411 e. The van der Waals surface area contributed by atoms with Gasteiger partial charge in [0, 0.05) is 20.9 Å². The number of nitrogens with one attached hydrogen (secondary N) is 1. The average Bonchev–Trinajstić information content (AvgIpc) is 2.57. The maximum atomic E-state index is 11.1. The molecule has 0 fully saturated rings. The Kier molecular flexibility index (Phi) is 11.2. The predicted octanol–water partition coefficient (Wildman–Crippen LogP) is 5.67. The molecule has 0 saturated carbocycles. The third-order valence-corrected chi connectivity index (χ3v) is 5.04. The van der Waals surface area contributed by atoms with E-state index in [1.165, 1.54) is 10.0 Å². The van der Waals surface area contributed by atoms with Gasteiger partial charge < -0.3 is 9.47 Å². The fraction of sp³-hybridized carbons (Fsp3) is 0.647. The molecule has 24 heavy (non-hydrogen) atoms. The molecule has 5 nitrogen and oxygen atoms in total. The van der Waals surface area contributed by atoms with Gasteiger partial charge in [0.25, 0.3) is 0 Å². The second-order valence-electron chi connectivity index (χ2n) is 5.64. The molecule has 1 atom stereocenters. The summed E-state index contributed by atoms with van der Waals surface area (Å²) in [4.78, 5) is 21.3. The van der Waals surface area contributed by atoms with Crippen molar-refractivity contribution in [2.45, 2.75) is 51.9 Å². The fourth-order valence-electron chi connectivity index (χ4n) is 2.48. The smallest absolute Gasteiger partial charge is 0.411 e. The molecule has 2 aliphatic carbocycles. The molecule has 0 aromatic rings. The van der Waals surface area contributed by atoms with Crippen LogP contribution in [0.4, 0.5) is 9.59 Å². The van der Waals surface area contributed by atoms with Gasteiger partial charge in [0.2, 0.25) is 0 Å². The molecule has 0 aromatic heterocycles. The summed E-state index contributed by atoms with van der Waals surface area (Å²) in [6.45, 7) is 2.70. The van der Waals surface area contributed by atoms with E-state index in [2.05, 4.69) is 44.8 Å². The summed E-state index contributed by atoms with van der Waals surface area (Å²) in [5, 5.41) is 2.78. The lowest BCUT2D eigenvalue weighted by atomic mass is 9.95. The minimum Gasteiger partial charge on any atom is -0.453 e. The van der Waals surface area contributed by atoms with E-state index in [9.17, 15) is 9.59 Å². The van der Waals surface area contributed by atoms with Crippen molar-refractivity contribution in [3.8, 4) is 0 Å². The molecule has 1 N–H and O–H groups in total. The topological polar surface area (TPSA) is 64.6 Å². The van der Waals surface area contributed by atoms with Crippen molar-refractivity contribution in [2.24, 2.45) is 5.92 Å². The Morgan fingerprint density at radius 3 is 2.62 bits per heavy atom. The Morgan fingerprint density at radius 1 is 1.29 bits per heavy atom. The zero-order valence-corrected chi connectivity index (χ0v) is 16.9. The van der Waals surface area contributed by atoms with Crippen molar-refractivity contribution in [1.29, 1.82) is 0 Å². The van der Waals surface area contributed by atoms with Crippen molar-refractivity contribution in [3.05, 3.63) is 21.4 Å². The van der Waals surface area contributed by atoms with Crippen LogP contribution < -0.4 is 5.32 Å². The van der Waals surface area contributed by atoms with Gasteiger partial charge in [-0.25, -0.2) is 9.59 Å². The Hall–Kier alpha value is -0.760. The summed E-state index contributed by atoms with van der Waals surface area (Å²) >= 11 is 7.31. The highest BCUT2D eigenvalue weighted by molar-refractivity contribution is 14.1. The van der Waals surface area contributed by atoms with Crippen molar-refractivity contribution >= 4 is 45.7 Å². The number of carbonyl (C=O) groups is 2. The number of halogens is 2. The van der Waals surface area contributed by atoms with E-state index < -0.39 is 5.43 Å². The largest absolute Gasteiger partial charge is 0.453 e. The van der Waals surface area contributed by atoms with Gasteiger partial charge in [-0.15, -0.1) is 0 Å². The lowest BCUT2D eigenvalue weighted by Gasteiger charge is -2.16. The van der Waals surface area contributed by atoms with Crippen LogP contribution in [0.5, 0.6) is 0 Å². The van der Waals surface area contributed by atoms with Crippen LogP contribution in [-0.2, 0) is 9.47 Å². The number of allylic oxidation sites excluding steroid dienone is 4. The lowest BCUT2D eigenvalue weighted by molar-refractivity contribution is 0.148. The van der Waals surface area contributed by atoms with E-state index >= 15 is 0 Å². The number of carbonyl (C=O) groups excluding carboxylic acids is 2. The quantitative estimate of drug-likeness (QED) is 0.327. The molecule has 1 unspecified atom stereocenters. The molecule has 0 spiro atoms. The first kappa shape index (κ1) is 21.3. The number of rotatable bonds is 4. The molecule has 0 saturated heterocycles. The summed E-state index contributed by atoms with van der Waals surface area (Å²) in [6.07, 6.45) is 11.6. The first-order chi connectivity index (χ1) is 11.5. The maximum absolute atomic E-state index is 11.1. The molecule has 2 rings (SSSR count). The third-order valence-electron chi connectivity index (χ3n) is 3.74. The molecule has 0 aliphatic heterocycles. The molecule has 2 aliphatic rings. The van der Waals surface area contributed by atoms with Crippen molar-refractivity contribution < 1.29 is 19.1 Å². The van der Waals surface area contributed by atoms with E-state index in [0.717, 1.165) is 44.2 Å². The van der Waals surface area contributed by atoms with Gasteiger partial charge in [-0.2, -0.15) is 0 Å². The molecule has 7 heteroatoms. The monoisotopic (exact) mass is 469 g/mol. The third kappa shape index (κ3) is 9.52. The highest BCUT2D eigenvalue weighted by Gasteiger charge is 2.13. The van der Waals surface area contributed by atoms with Crippen molar-refractivity contribution in [2.75, 3.05) is 13.2 Å². The van der Waals surface area contributed by atoms with Crippen LogP contribution >= 0.6 is 34.2 Å². The summed E-state index contributed by atoms with van der Waals surface area (Å²) in [7, 11) is 0. The van der Waals surface area contributed by atoms with Crippen LogP contribution in [0.2, 0.25) is 0 Å². The van der Waals surface area contributed by atoms with Gasteiger partial charge in [-0.05, 0) is 80.4 Å². The summed E-state index contributed by atoms with van der Waals surface area (Å²) in [5.41, 5.74) is 0.352. The van der Waals surface area contributed by atoms with Gasteiger partial charge in [0.1, 0.15) is 0 Å². The standard InChI is InChI=1S/C9H14INO2.C8H11ClO2/c1-2-13-9(12)11-8-6-4-3-5-7(8)10;9-8(10)11-6-7-4-2-1-3-5-7/h2-6H2,1H3,(H,11,12);1-2,7H,3-6H2. The number of amides is 1. The van der Waals surface area contributed by atoms with E-state index in [-0.39, 0.29) is 6.09 Å². The van der Waals surface area contributed by atoms with Gasteiger partial charge in [-0.1, -0.05) is 12.2 Å². The van der Waals surface area contributed by atoms with E-state index in [1.54, 1.807) is 6.92 Å². The van der Waals surface area contributed by atoms with Crippen molar-refractivity contribution in [1.82, 2.24) is 5.32 Å². The van der Waals surface area contributed by atoms with Crippen LogP contribution in [0.15, 0.2) is 21.4 Å². The van der Waals surface area contributed by atoms with Crippen molar-refractivity contribution in [3.63, 3.8) is 0 Å². The molecule has 0 aromatic carbocycles. The second kappa shape index (κ2) is 12.6. The summed E-state index contributed by atoms with van der Waals surface area (Å²) in [6, 6.07) is 0. The molecule has 1 amide bonds. The molecule has 0 radical (unpaired) electrons. The van der Waals surface area contributed by atoms with Crippen LogP contribution in [0.3, 0.4) is 0 Å². The second-order valence-corrected chi connectivity index (χ2v) is 7.25. The Bertz CT molecular complexity index is 479. The Balaban J connectivity index is 0.000000243. The minimum atomic E-state index is -0.695. The number of alkyl carbamates (subject to hydrolysis) is 1. The number of hydrogen-bond acceptors (Lipinski definition) is 4. The zero-order chi connectivity index (χ0) is 17.8. The predicted molar refractivity (Wildman–Crippen MR) is 103 cm³/mol. The Morgan fingerprint density at radius 2 is 2.04 bits per heavy atom.